The van der Waals surface area contributed by atoms with Gasteiger partial charge in [-0.2, -0.15) is 0 Å². The van der Waals surface area contributed by atoms with Gasteiger partial charge in [0.25, 0.3) is 0 Å². The minimum absolute atomic E-state index is 0.00227. The van der Waals surface area contributed by atoms with E-state index in [4.69, 9.17) is 0 Å². The number of nitrogens with one attached hydrogen (secondary N) is 2. The molecule has 4 heteroatoms. The van der Waals surface area contributed by atoms with Crippen LogP contribution in [-0.4, -0.2) is 18.4 Å². The van der Waals surface area contributed by atoms with Crippen LogP contribution in [0, 0.1) is 5.92 Å². The maximum absolute atomic E-state index is 11.7. The van der Waals surface area contributed by atoms with Crippen molar-refractivity contribution < 1.29 is 9.59 Å². The molecule has 76 valence electrons. The highest BCUT2D eigenvalue weighted by molar-refractivity contribution is 6.10. The van der Waals surface area contributed by atoms with Gasteiger partial charge in [0.1, 0.15) is 5.92 Å². The fourth-order valence-corrected chi connectivity index (χ4v) is 2.36. The Balaban J connectivity index is 2.13. The molecule has 2 N–H and O–H groups in total. The van der Waals surface area contributed by atoms with Gasteiger partial charge in [-0.25, -0.2) is 0 Å². The van der Waals surface area contributed by atoms with E-state index in [-0.39, 0.29) is 17.7 Å². The van der Waals surface area contributed by atoms with Crippen molar-refractivity contribution in [2.75, 3.05) is 11.9 Å². The lowest BCUT2D eigenvalue weighted by Gasteiger charge is -2.25. The number of rotatable bonds is 0. The van der Waals surface area contributed by atoms with Crippen LogP contribution < -0.4 is 10.6 Å². The van der Waals surface area contributed by atoms with E-state index in [0.717, 1.165) is 11.3 Å². The van der Waals surface area contributed by atoms with Crippen LogP contribution in [0.4, 0.5) is 5.69 Å². The SMILES string of the molecule is O=C1NCC2c3ccccc3NC(=O)C12. The Bertz CT molecular complexity index is 456. The average molecular weight is 202 g/mol. The number of carbonyl (C=O) groups excluding carboxylic acids is 2. The fraction of sp³-hybridized carbons (Fsp3) is 0.273. The first kappa shape index (κ1) is 8.47. The number of hydrogen-bond donors (Lipinski definition) is 2. The Kier molecular flexibility index (Phi) is 1.59. The maximum atomic E-state index is 11.7. The van der Waals surface area contributed by atoms with Gasteiger partial charge in [-0.05, 0) is 11.6 Å². The zero-order chi connectivity index (χ0) is 10.4. The number of carbonyl (C=O) groups is 2. The fourth-order valence-electron chi connectivity index (χ4n) is 2.36. The van der Waals surface area contributed by atoms with Crippen molar-refractivity contribution in [3.8, 4) is 0 Å². The zero-order valence-corrected chi connectivity index (χ0v) is 7.99. The van der Waals surface area contributed by atoms with E-state index >= 15 is 0 Å². The van der Waals surface area contributed by atoms with E-state index in [1.807, 2.05) is 24.3 Å². The summed E-state index contributed by atoms with van der Waals surface area (Å²) in [6, 6.07) is 7.64. The molecule has 2 aliphatic heterocycles. The van der Waals surface area contributed by atoms with E-state index in [1.165, 1.54) is 0 Å². The van der Waals surface area contributed by atoms with Crippen molar-refractivity contribution in [2.45, 2.75) is 5.92 Å². The number of benzene rings is 1. The van der Waals surface area contributed by atoms with E-state index < -0.39 is 5.92 Å². The van der Waals surface area contributed by atoms with Gasteiger partial charge in [0.2, 0.25) is 11.8 Å². The highest BCUT2D eigenvalue weighted by Gasteiger charge is 2.44. The first-order valence-corrected chi connectivity index (χ1v) is 4.95. The Morgan fingerprint density at radius 1 is 1.13 bits per heavy atom. The van der Waals surface area contributed by atoms with Crippen molar-refractivity contribution in [1.29, 1.82) is 0 Å². The molecule has 15 heavy (non-hydrogen) atoms. The first-order valence-electron chi connectivity index (χ1n) is 4.95. The summed E-state index contributed by atoms with van der Waals surface area (Å²) in [6.45, 7) is 0.563. The lowest BCUT2D eigenvalue weighted by molar-refractivity contribution is -0.130. The number of amides is 2. The van der Waals surface area contributed by atoms with E-state index in [2.05, 4.69) is 10.6 Å². The number of fused-ring (bicyclic) bond motifs is 3. The Labute approximate surface area is 86.7 Å². The molecule has 2 unspecified atom stereocenters. The average Bonchev–Trinajstić information content (AvgIpc) is 2.62. The van der Waals surface area contributed by atoms with E-state index in [0.29, 0.717) is 6.54 Å². The van der Waals surface area contributed by atoms with Gasteiger partial charge < -0.3 is 10.6 Å². The summed E-state index contributed by atoms with van der Waals surface area (Å²) in [6.07, 6.45) is 0. The monoisotopic (exact) mass is 202 g/mol. The zero-order valence-electron chi connectivity index (χ0n) is 7.99. The van der Waals surface area contributed by atoms with Crippen LogP contribution in [0.25, 0.3) is 0 Å². The summed E-state index contributed by atoms with van der Waals surface area (Å²) in [4.78, 5) is 23.1. The van der Waals surface area contributed by atoms with Crippen LogP contribution in [0.5, 0.6) is 0 Å². The third kappa shape index (κ3) is 1.08. The summed E-state index contributed by atoms with van der Waals surface area (Å²) in [5.74, 6) is -0.886. The normalized spacial score (nSPS) is 27.7. The molecule has 2 heterocycles. The lowest BCUT2D eigenvalue weighted by Crippen LogP contribution is -2.35. The Morgan fingerprint density at radius 3 is 2.80 bits per heavy atom. The van der Waals surface area contributed by atoms with E-state index in [1.54, 1.807) is 0 Å². The third-order valence-corrected chi connectivity index (χ3v) is 3.08. The number of para-hydroxylation sites is 1. The molecular weight excluding hydrogens is 192 g/mol. The highest BCUT2D eigenvalue weighted by Crippen LogP contribution is 2.38. The Morgan fingerprint density at radius 2 is 1.93 bits per heavy atom. The minimum Gasteiger partial charge on any atom is -0.355 e. The number of anilines is 1. The van der Waals surface area contributed by atoms with Gasteiger partial charge in [0.15, 0.2) is 0 Å². The predicted octanol–water partition coefficient (Wildman–Crippen LogP) is 0.468. The second kappa shape index (κ2) is 2.82. The topological polar surface area (TPSA) is 58.2 Å². The van der Waals surface area contributed by atoms with Crippen molar-refractivity contribution in [3.63, 3.8) is 0 Å². The molecule has 0 spiro atoms. The molecule has 1 aromatic rings. The molecule has 4 nitrogen and oxygen atoms in total. The smallest absolute Gasteiger partial charge is 0.237 e. The maximum Gasteiger partial charge on any atom is 0.237 e. The summed E-state index contributed by atoms with van der Waals surface area (Å²) >= 11 is 0. The molecule has 0 aliphatic carbocycles. The molecule has 2 aliphatic rings. The quantitative estimate of drug-likeness (QED) is 0.601. The van der Waals surface area contributed by atoms with Crippen molar-refractivity contribution in [2.24, 2.45) is 5.92 Å². The minimum atomic E-state index is -0.542. The van der Waals surface area contributed by atoms with Crippen LogP contribution in [0.1, 0.15) is 11.5 Å². The van der Waals surface area contributed by atoms with Crippen molar-refractivity contribution >= 4 is 17.5 Å². The molecule has 0 radical (unpaired) electrons. The van der Waals surface area contributed by atoms with Gasteiger partial charge >= 0.3 is 0 Å². The summed E-state index contributed by atoms with van der Waals surface area (Å²) in [5.41, 5.74) is 1.89. The highest BCUT2D eigenvalue weighted by atomic mass is 16.2. The summed E-state index contributed by atoms with van der Waals surface area (Å²) in [7, 11) is 0. The standard InChI is InChI=1S/C11H10N2O2/c14-10-9-7(5-12-10)6-3-1-2-4-8(6)13-11(9)15/h1-4,7,9H,5H2,(H,12,14)(H,13,15). The molecule has 0 aromatic heterocycles. The molecule has 0 saturated carbocycles. The molecule has 0 bridgehead atoms. The molecule has 2 amide bonds. The van der Waals surface area contributed by atoms with Crippen LogP contribution >= 0.6 is 0 Å². The molecule has 1 aromatic carbocycles. The molecule has 2 atom stereocenters. The van der Waals surface area contributed by atoms with Crippen LogP contribution in [0.2, 0.25) is 0 Å². The molecule has 1 saturated heterocycles. The van der Waals surface area contributed by atoms with Crippen molar-refractivity contribution in [1.82, 2.24) is 5.32 Å². The van der Waals surface area contributed by atoms with E-state index in [9.17, 15) is 9.59 Å². The second-order valence-electron chi connectivity index (χ2n) is 3.91. The van der Waals surface area contributed by atoms with Gasteiger partial charge in [-0.1, -0.05) is 18.2 Å². The molecular formula is C11H10N2O2. The number of hydrogen-bond acceptors (Lipinski definition) is 2. The first-order chi connectivity index (χ1) is 7.27. The predicted molar refractivity (Wildman–Crippen MR) is 54.3 cm³/mol. The molecule has 3 rings (SSSR count). The van der Waals surface area contributed by atoms with Crippen LogP contribution in [0.3, 0.4) is 0 Å². The van der Waals surface area contributed by atoms with Crippen LogP contribution in [0.15, 0.2) is 24.3 Å². The summed E-state index contributed by atoms with van der Waals surface area (Å²) < 4.78 is 0. The molecule has 1 fully saturated rings. The van der Waals surface area contributed by atoms with Crippen LogP contribution in [-0.2, 0) is 9.59 Å². The van der Waals surface area contributed by atoms with Gasteiger partial charge in [-0.3, -0.25) is 9.59 Å². The van der Waals surface area contributed by atoms with Crippen molar-refractivity contribution in [3.05, 3.63) is 29.8 Å². The second-order valence-corrected chi connectivity index (χ2v) is 3.91. The summed E-state index contributed by atoms with van der Waals surface area (Å²) in [5, 5.41) is 5.50. The Hall–Kier alpha value is -1.84. The van der Waals surface area contributed by atoms with Gasteiger partial charge in [-0.15, -0.1) is 0 Å². The lowest BCUT2D eigenvalue weighted by atomic mass is 9.84. The van der Waals surface area contributed by atoms with Gasteiger partial charge in [0.05, 0.1) is 0 Å². The largest absolute Gasteiger partial charge is 0.355 e. The van der Waals surface area contributed by atoms with Gasteiger partial charge in [0, 0.05) is 18.2 Å². The third-order valence-electron chi connectivity index (χ3n) is 3.08.